The van der Waals surface area contributed by atoms with Crippen molar-refractivity contribution in [2.75, 3.05) is 0 Å². The number of aliphatic hydroxyl groups excluding tert-OH is 1. The Hall–Kier alpha value is 0.929. The van der Waals surface area contributed by atoms with Crippen LogP contribution in [0.5, 0.6) is 0 Å². The third kappa shape index (κ3) is 22.4. The molecular formula is C2H13O7P2Sn+. The van der Waals surface area contributed by atoms with Crippen molar-refractivity contribution in [2.24, 2.45) is 0 Å². The van der Waals surface area contributed by atoms with Gasteiger partial charge in [-0.15, -0.1) is 9.79 Å². The topological polar surface area (TPSA) is 135 Å². The summed E-state index contributed by atoms with van der Waals surface area (Å²) in [7, 11) is -7.05. The van der Waals surface area contributed by atoms with Gasteiger partial charge in [0.2, 0.25) is 0 Å². The molecule has 7 nitrogen and oxygen atoms in total. The van der Waals surface area contributed by atoms with Crippen molar-refractivity contribution in [3.8, 4) is 0 Å². The summed E-state index contributed by atoms with van der Waals surface area (Å²) in [6, 6.07) is 0. The van der Waals surface area contributed by atoms with E-state index in [0.717, 1.165) is 6.92 Å². The van der Waals surface area contributed by atoms with E-state index in [1.165, 1.54) is 0 Å². The van der Waals surface area contributed by atoms with Gasteiger partial charge in [0, 0.05) is 4.57 Å². The first-order valence-corrected chi connectivity index (χ1v) is 5.11. The first-order chi connectivity index (χ1) is 4.68. The van der Waals surface area contributed by atoms with Crippen LogP contribution < -0.4 is 0 Å². The summed E-state index contributed by atoms with van der Waals surface area (Å²) in [5.41, 5.74) is 0. The number of rotatable bonds is 1. The molecule has 0 saturated heterocycles. The van der Waals surface area contributed by atoms with Gasteiger partial charge in [0.15, 0.2) is 5.85 Å². The van der Waals surface area contributed by atoms with E-state index in [9.17, 15) is 4.57 Å². The molecule has 0 aromatic rings. The Bertz CT molecular complexity index is 159. The van der Waals surface area contributed by atoms with Crippen LogP contribution in [0.25, 0.3) is 0 Å². The molecule has 0 aliphatic carbocycles. The van der Waals surface area contributed by atoms with Gasteiger partial charge in [0.1, 0.15) is 0 Å². The van der Waals surface area contributed by atoms with Crippen molar-refractivity contribution in [1.29, 1.82) is 0 Å². The van der Waals surface area contributed by atoms with Crippen LogP contribution in [0.1, 0.15) is 6.92 Å². The van der Waals surface area contributed by atoms with E-state index >= 15 is 0 Å². The van der Waals surface area contributed by atoms with Gasteiger partial charge in [0.25, 0.3) is 0 Å². The normalized spacial score (nSPS) is 11.8. The second-order valence-electron chi connectivity index (χ2n) is 1.47. The van der Waals surface area contributed by atoms with Crippen LogP contribution in [-0.4, -0.2) is 54.4 Å². The minimum atomic E-state index is -4.18. The van der Waals surface area contributed by atoms with E-state index in [4.69, 9.17) is 29.2 Å². The molecule has 76 valence electrons. The summed E-state index contributed by atoms with van der Waals surface area (Å²) in [5, 5.41) is 8.13. The van der Waals surface area contributed by atoms with Crippen LogP contribution in [0.4, 0.5) is 0 Å². The zero-order valence-electron chi connectivity index (χ0n) is 5.52. The third-order valence-corrected chi connectivity index (χ3v) is 1.46. The summed E-state index contributed by atoms with van der Waals surface area (Å²) in [4.78, 5) is 30.2. The van der Waals surface area contributed by atoms with E-state index in [1.54, 1.807) is 0 Å². The molecule has 1 unspecified atom stereocenters. The zero-order valence-corrected chi connectivity index (χ0v) is 7.31. The molecule has 0 amide bonds. The Morgan fingerprint density at radius 1 is 1.33 bits per heavy atom. The molecule has 0 rings (SSSR count). The summed E-state index contributed by atoms with van der Waals surface area (Å²) in [6.07, 6.45) is 0. The summed E-state index contributed by atoms with van der Waals surface area (Å²) >= 11 is 0. The van der Waals surface area contributed by atoms with Crippen LogP contribution in [0.15, 0.2) is 0 Å². The molecule has 0 aromatic heterocycles. The number of hydrogen-bond donors (Lipinski definition) is 5. The van der Waals surface area contributed by atoms with E-state index in [-0.39, 0.29) is 23.9 Å². The molecule has 0 aromatic carbocycles. The molecule has 0 fully saturated rings. The number of aliphatic hydroxyl groups is 1. The minimum absolute atomic E-state index is 0. The van der Waals surface area contributed by atoms with Gasteiger partial charge >= 0.3 is 39.8 Å². The molecule has 0 aliphatic rings. The van der Waals surface area contributed by atoms with Gasteiger partial charge in [0.05, 0.1) is 0 Å². The van der Waals surface area contributed by atoms with E-state index in [0.29, 0.717) is 0 Å². The molecule has 0 saturated carbocycles. The van der Waals surface area contributed by atoms with Crippen LogP contribution in [0.2, 0.25) is 0 Å². The second-order valence-corrected chi connectivity index (χ2v) is 3.90. The fourth-order valence-electron chi connectivity index (χ4n) is 0. The van der Waals surface area contributed by atoms with Crippen molar-refractivity contribution < 1.29 is 33.8 Å². The molecule has 0 heterocycles. The van der Waals surface area contributed by atoms with Gasteiger partial charge in [-0.2, -0.15) is 0 Å². The maximum atomic E-state index is 9.78. The predicted octanol–water partition coefficient (Wildman–Crippen LogP) is -2.32. The van der Waals surface area contributed by atoms with Crippen LogP contribution in [0.3, 0.4) is 0 Å². The molecule has 0 aliphatic heterocycles. The Morgan fingerprint density at radius 2 is 1.42 bits per heavy atom. The molecule has 12 heavy (non-hydrogen) atoms. The van der Waals surface area contributed by atoms with E-state index < -0.39 is 21.7 Å². The van der Waals surface area contributed by atoms with Gasteiger partial charge < -0.3 is 14.9 Å². The van der Waals surface area contributed by atoms with Gasteiger partial charge in [-0.3, -0.25) is 4.57 Å². The predicted molar refractivity (Wildman–Crippen MR) is 47.1 cm³/mol. The zero-order chi connectivity index (χ0) is 9.65. The van der Waals surface area contributed by atoms with Gasteiger partial charge in [-0.25, -0.2) is 0 Å². The van der Waals surface area contributed by atoms with Crippen molar-refractivity contribution >= 4 is 39.8 Å². The standard InChI is InChI=1S/C2H7O4P.HO3P.Sn.4H/c1-2(3)7(4,5)6;1-4(2)3;;;;;/h2-3H,1H3,(H2,4,5,6);(H-,1,2,3);;;;;/p+1. The van der Waals surface area contributed by atoms with Gasteiger partial charge in [-0.1, -0.05) is 0 Å². The maximum absolute atomic E-state index is 9.78. The van der Waals surface area contributed by atoms with Crippen LogP contribution in [-0.2, 0) is 9.13 Å². The van der Waals surface area contributed by atoms with E-state index in [2.05, 4.69) is 0 Å². The molecule has 10 heteroatoms. The summed E-state index contributed by atoms with van der Waals surface area (Å²) in [5.74, 6) is -1.53. The second kappa shape index (κ2) is 8.52. The third-order valence-electron chi connectivity index (χ3n) is 0.487. The fraction of sp³-hybridized carbons (Fsp3) is 1.00. The van der Waals surface area contributed by atoms with E-state index in [1.807, 2.05) is 0 Å². The van der Waals surface area contributed by atoms with Crippen molar-refractivity contribution in [3.05, 3.63) is 0 Å². The first kappa shape index (κ1) is 18.7. The molecule has 5 N–H and O–H groups in total. The monoisotopic (exact) mass is 331 g/mol. The van der Waals surface area contributed by atoms with Crippen molar-refractivity contribution in [2.45, 2.75) is 12.8 Å². The first-order valence-electron chi connectivity index (χ1n) is 2.26. The van der Waals surface area contributed by atoms with Crippen molar-refractivity contribution in [3.63, 3.8) is 0 Å². The average molecular weight is 330 g/mol. The average Bonchev–Trinajstić information content (AvgIpc) is 1.59. The molecule has 0 spiro atoms. The Morgan fingerprint density at radius 3 is 1.42 bits per heavy atom. The summed E-state index contributed by atoms with van der Waals surface area (Å²) < 4.78 is 18.5. The summed E-state index contributed by atoms with van der Waals surface area (Å²) in [6.45, 7) is 1.04. The Kier molecular flexibility index (Phi) is 13.3. The SMILES string of the molecule is CC(O)P(=O)(O)O.O=[P+](O)O.[SnH4]. The fourth-order valence-corrected chi connectivity index (χ4v) is 0. The number of hydrogen-bond acceptors (Lipinski definition) is 3. The molecular weight excluding hydrogens is 317 g/mol. The molecule has 0 bridgehead atoms. The molecule has 1 atom stereocenters. The van der Waals surface area contributed by atoms with Crippen molar-refractivity contribution in [1.82, 2.24) is 0 Å². The quantitative estimate of drug-likeness (QED) is 0.269. The van der Waals surface area contributed by atoms with Crippen LogP contribution >= 0.6 is 15.9 Å². The Labute approximate surface area is 86.5 Å². The van der Waals surface area contributed by atoms with Crippen LogP contribution in [0, 0.1) is 0 Å². The molecule has 0 radical (unpaired) electrons. The Balaban J connectivity index is -0.000000142. The van der Waals surface area contributed by atoms with Gasteiger partial charge in [-0.05, 0) is 6.92 Å².